The van der Waals surface area contributed by atoms with Crippen LogP contribution >= 0.6 is 0 Å². The maximum Gasteiger partial charge on any atom is 0.204 e. The van der Waals surface area contributed by atoms with E-state index in [-0.39, 0.29) is 6.61 Å². The molecule has 0 aliphatic rings. The van der Waals surface area contributed by atoms with E-state index in [0.717, 1.165) is 43.2 Å². The van der Waals surface area contributed by atoms with Gasteiger partial charge in [0.2, 0.25) is 5.95 Å². The Morgan fingerprint density at radius 3 is 2.50 bits per heavy atom. The molecule has 22 heavy (non-hydrogen) atoms. The third kappa shape index (κ3) is 3.59. The Bertz CT molecular complexity index is 617. The van der Waals surface area contributed by atoms with Crippen LogP contribution in [0, 0.1) is 13.8 Å². The first-order valence-corrected chi connectivity index (χ1v) is 8.15. The SMILES string of the molecule is CCN(CC)CCn1c(NCCO)nc2cc(C)c(C)cc21. The zero-order valence-corrected chi connectivity index (χ0v) is 14.2. The number of likely N-dealkylation sites (N-methyl/N-ethyl adjacent to an activating group) is 1. The Hall–Kier alpha value is -1.59. The van der Waals surface area contributed by atoms with E-state index in [9.17, 15) is 0 Å². The van der Waals surface area contributed by atoms with Gasteiger partial charge in [0.15, 0.2) is 0 Å². The van der Waals surface area contributed by atoms with Crippen molar-refractivity contribution in [3.8, 4) is 0 Å². The van der Waals surface area contributed by atoms with Crippen LogP contribution in [-0.2, 0) is 6.54 Å². The van der Waals surface area contributed by atoms with Crippen molar-refractivity contribution in [3.63, 3.8) is 0 Å². The number of hydrogen-bond acceptors (Lipinski definition) is 4. The number of anilines is 1. The first-order chi connectivity index (χ1) is 10.6. The fourth-order valence-electron chi connectivity index (χ4n) is 2.69. The van der Waals surface area contributed by atoms with E-state index < -0.39 is 0 Å². The molecule has 122 valence electrons. The summed E-state index contributed by atoms with van der Waals surface area (Å²) in [6, 6.07) is 4.35. The second kappa shape index (κ2) is 7.61. The molecule has 2 N–H and O–H groups in total. The summed E-state index contributed by atoms with van der Waals surface area (Å²) in [5.74, 6) is 0.848. The minimum atomic E-state index is 0.108. The molecule has 2 aromatic rings. The highest BCUT2D eigenvalue weighted by molar-refractivity contribution is 5.80. The highest BCUT2D eigenvalue weighted by Crippen LogP contribution is 2.23. The molecule has 5 heteroatoms. The van der Waals surface area contributed by atoms with Crippen LogP contribution in [0.1, 0.15) is 25.0 Å². The summed E-state index contributed by atoms with van der Waals surface area (Å²) in [6.07, 6.45) is 0. The van der Waals surface area contributed by atoms with Gasteiger partial charge in [0.05, 0.1) is 17.6 Å². The fourth-order valence-corrected chi connectivity index (χ4v) is 2.69. The molecule has 0 aliphatic carbocycles. The van der Waals surface area contributed by atoms with Crippen LogP contribution in [0.15, 0.2) is 12.1 Å². The van der Waals surface area contributed by atoms with Gasteiger partial charge in [0, 0.05) is 19.6 Å². The summed E-state index contributed by atoms with van der Waals surface area (Å²) >= 11 is 0. The van der Waals surface area contributed by atoms with Crippen molar-refractivity contribution >= 4 is 17.0 Å². The second-order valence-corrected chi connectivity index (χ2v) is 5.69. The van der Waals surface area contributed by atoms with E-state index in [1.165, 1.54) is 11.1 Å². The van der Waals surface area contributed by atoms with Crippen LogP contribution < -0.4 is 5.32 Å². The molecule has 2 rings (SSSR count). The molecule has 0 aliphatic heterocycles. The molecule has 1 aromatic carbocycles. The minimum Gasteiger partial charge on any atom is -0.395 e. The van der Waals surface area contributed by atoms with Gasteiger partial charge in [0.1, 0.15) is 0 Å². The van der Waals surface area contributed by atoms with Gasteiger partial charge in [-0.15, -0.1) is 0 Å². The molecule has 0 radical (unpaired) electrons. The van der Waals surface area contributed by atoms with Gasteiger partial charge in [-0.05, 0) is 50.2 Å². The van der Waals surface area contributed by atoms with Crippen molar-refractivity contribution in [2.45, 2.75) is 34.2 Å². The first-order valence-electron chi connectivity index (χ1n) is 8.15. The highest BCUT2D eigenvalue weighted by Gasteiger charge is 2.12. The monoisotopic (exact) mass is 304 g/mol. The predicted molar refractivity (Wildman–Crippen MR) is 92.6 cm³/mol. The third-order valence-corrected chi connectivity index (χ3v) is 4.29. The molecule has 0 spiro atoms. The number of rotatable bonds is 8. The van der Waals surface area contributed by atoms with Gasteiger partial charge in [-0.2, -0.15) is 0 Å². The molecule has 0 unspecified atom stereocenters. The molecular formula is C17H28N4O. The number of aromatic nitrogens is 2. The van der Waals surface area contributed by atoms with Gasteiger partial charge >= 0.3 is 0 Å². The van der Waals surface area contributed by atoms with Crippen LogP contribution in [0.25, 0.3) is 11.0 Å². The molecule has 0 amide bonds. The van der Waals surface area contributed by atoms with E-state index >= 15 is 0 Å². The Morgan fingerprint density at radius 1 is 1.18 bits per heavy atom. The Labute approximate surface area is 133 Å². The maximum absolute atomic E-state index is 9.07. The third-order valence-electron chi connectivity index (χ3n) is 4.29. The molecule has 0 saturated carbocycles. The van der Waals surface area contributed by atoms with Crippen LogP contribution in [-0.4, -0.2) is 52.3 Å². The van der Waals surface area contributed by atoms with Crippen molar-refractivity contribution < 1.29 is 5.11 Å². The van der Waals surface area contributed by atoms with Crippen LogP contribution in [0.3, 0.4) is 0 Å². The average molecular weight is 304 g/mol. The van der Waals surface area contributed by atoms with E-state index in [1.807, 2.05) is 0 Å². The Kier molecular flexibility index (Phi) is 5.80. The number of imidazole rings is 1. The average Bonchev–Trinajstić information content (AvgIpc) is 2.84. The van der Waals surface area contributed by atoms with E-state index in [0.29, 0.717) is 6.54 Å². The van der Waals surface area contributed by atoms with Gasteiger partial charge in [-0.3, -0.25) is 0 Å². The summed E-state index contributed by atoms with van der Waals surface area (Å²) in [4.78, 5) is 7.11. The zero-order chi connectivity index (χ0) is 16.1. The number of benzene rings is 1. The lowest BCUT2D eigenvalue weighted by Gasteiger charge is -2.19. The van der Waals surface area contributed by atoms with Crippen LogP contribution in [0.4, 0.5) is 5.95 Å². The standard InChI is InChI=1S/C17H28N4O/c1-5-20(6-2)8-9-21-16-12-14(4)13(3)11-15(16)19-17(21)18-7-10-22/h11-12,22H,5-10H2,1-4H3,(H,18,19). The van der Waals surface area contributed by atoms with Crippen molar-refractivity contribution in [2.24, 2.45) is 0 Å². The number of aliphatic hydroxyl groups is 1. The lowest BCUT2D eigenvalue weighted by atomic mass is 10.1. The highest BCUT2D eigenvalue weighted by atomic mass is 16.3. The number of fused-ring (bicyclic) bond motifs is 1. The van der Waals surface area contributed by atoms with Crippen LogP contribution in [0.2, 0.25) is 0 Å². The minimum absolute atomic E-state index is 0.108. The second-order valence-electron chi connectivity index (χ2n) is 5.69. The number of nitrogens with zero attached hydrogens (tertiary/aromatic N) is 3. The first kappa shape index (κ1) is 16.8. The number of aliphatic hydroxyl groups excluding tert-OH is 1. The van der Waals surface area contributed by atoms with Gasteiger partial charge < -0.3 is 19.9 Å². The van der Waals surface area contributed by atoms with E-state index in [1.54, 1.807) is 0 Å². The van der Waals surface area contributed by atoms with Crippen molar-refractivity contribution in [3.05, 3.63) is 23.3 Å². The maximum atomic E-state index is 9.07. The molecule has 0 bridgehead atoms. The summed E-state index contributed by atoms with van der Waals surface area (Å²) in [5, 5.41) is 12.3. The molecular weight excluding hydrogens is 276 g/mol. The molecule has 0 saturated heterocycles. The normalized spacial score (nSPS) is 11.5. The molecule has 0 fully saturated rings. The van der Waals surface area contributed by atoms with Gasteiger partial charge in [-0.1, -0.05) is 13.8 Å². The molecule has 0 atom stereocenters. The lowest BCUT2D eigenvalue weighted by molar-refractivity contribution is 0.292. The largest absolute Gasteiger partial charge is 0.395 e. The lowest BCUT2D eigenvalue weighted by Crippen LogP contribution is -2.27. The summed E-state index contributed by atoms with van der Waals surface area (Å²) < 4.78 is 2.23. The quantitative estimate of drug-likeness (QED) is 0.786. The van der Waals surface area contributed by atoms with Gasteiger partial charge in [-0.25, -0.2) is 4.98 Å². The van der Waals surface area contributed by atoms with Crippen molar-refractivity contribution in [1.29, 1.82) is 0 Å². The zero-order valence-electron chi connectivity index (χ0n) is 14.2. The topological polar surface area (TPSA) is 53.3 Å². The molecule has 1 aromatic heterocycles. The number of hydrogen-bond donors (Lipinski definition) is 2. The molecule has 5 nitrogen and oxygen atoms in total. The fraction of sp³-hybridized carbons (Fsp3) is 0.588. The Balaban J connectivity index is 2.35. The van der Waals surface area contributed by atoms with Crippen molar-refractivity contribution in [1.82, 2.24) is 14.5 Å². The summed E-state index contributed by atoms with van der Waals surface area (Å²) in [7, 11) is 0. The number of nitrogens with one attached hydrogen (secondary N) is 1. The van der Waals surface area contributed by atoms with Crippen LogP contribution in [0.5, 0.6) is 0 Å². The number of aryl methyl sites for hydroxylation is 2. The molecule has 1 heterocycles. The predicted octanol–water partition coefficient (Wildman–Crippen LogP) is 2.40. The van der Waals surface area contributed by atoms with E-state index in [4.69, 9.17) is 10.1 Å². The summed E-state index contributed by atoms with van der Waals surface area (Å²) in [6.45, 7) is 13.3. The summed E-state index contributed by atoms with van der Waals surface area (Å²) in [5.41, 5.74) is 4.72. The Morgan fingerprint density at radius 2 is 1.86 bits per heavy atom. The smallest absolute Gasteiger partial charge is 0.204 e. The van der Waals surface area contributed by atoms with Gasteiger partial charge in [0.25, 0.3) is 0 Å². The van der Waals surface area contributed by atoms with Crippen molar-refractivity contribution in [2.75, 3.05) is 38.1 Å². The van der Waals surface area contributed by atoms with E-state index in [2.05, 4.69) is 54.6 Å².